The van der Waals surface area contributed by atoms with Crippen molar-refractivity contribution in [2.75, 3.05) is 25.0 Å². The Morgan fingerprint density at radius 1 is 1.26 bits per heavy atom. The Bertz CT molecular complexity index is 627. The van der Waals surface area contributed by atoms with Gasteiger partial charge in [-0.3, -0.25) is 9.69 Å². The molecule has 1 heterocycles. The first-order chi connectivity index (χ1) is 12.7. The molecule has 0 spiro atoms. The Morgan fingerprint density at radius 3 is 2.56 bits per heavy atom. The fourth-order valence-corrected chi connectivity index (χ4v) is 3.16. The number of para-hydroxylation sites is 1. The van der Waals surface area contributed by atoms with E-state index >= 15 is 0 Å². The summed E-state index contributed by atoms with van der Waals surface area (Å²) in [7, 11) is 2.01. The topological polar surface area (TPSA) is 61.9 Å². The Labute approximate surface area is 162 Å². The average molecular weight is 376 g/mol. The molecule has 2 rings (SSSR count). The van der Waals surface area contributed by atoms with Crippen molar-refractivity contribution in [3.05, 3.63) is 30.3 Å². The highest BCUT2D eigenvalue weighted by molar-refractivity contribution is 5.86. The normalized spacial score (nSPS) is 18.6. The van der Waals surface area contributed by atoms with Crippen molar-refractivity contribution in [3.63, 3.8) is 0 Å². The second-order valence-corrected chi connectivity index (χ2v) is 8.23. The number of hydrogen-bond donors (Lipinski definition) is 1. The lowest BCUT2D eigenvalue weighted by atomic mass is 10.0. The zero-order chi connectivity index (χ0) is 20.0. The van der Waals surface area contributed by atoms with Gasteiger partial charge in [0.1, 0.15) is 11.6 Å². The van der Waals surface area contributed by atoms with Crippen LogP contribution in [0.1, 0.15) is 47.0 Å². The lowest BCUT2D eigenvalue weighted by molar-refractivity contribution is -0.127. The number of likely N-dealkylation sites (tertiary alicyclic amines) is 1. The highest BCUT2D eigenvalue weighted by Crippen LogP contribution is 2.21. The quantitative estimate of drug-likeness (QED) is 0.857. The highest BCUT2D eigenvalue weighted by Gasteiger charge is 2.34. The van der Waals surface area contributed by atoms with Crippen LogP contribution in [0.5, 0.6) is 0 Å². The van der Waals surface area contributed by atoms with Gasteiger partial charge in [-0.05, 0) is 59.1 Å². The average Bonchev–Trinajstić information content (AvgIpc) is 2.64. The van der Waals surface area contributed by atoms with E-state index in [1.165, 1.54) is 0 Å². The molecule has 6 heteroatoms. The molecule has 0 aliphatic carbocycles. The first-order valence-corrected chi connectivity index (χ1v) is 9.74. The van der Waals surface area contributed by atoms with Gasteiger partial charge in [0.25, 0.3) is 0 Å². The summed E-state index contributed by atoms with van der Waals surface area (Å²) in [5.74, 6) is -0.103. The predicted octanol–water partition coefficient (Wildman–Crippen LogP) is 3.42. The molecular formula is C21H33N3O3. The summed E-state index contributed by atoms with van der Waals surface area (Å²) in [5, 5.41) is 3.02. The van der Waals surface area contributed by atoms with E-state index in [-0.39, 0.29) is 11.9 Å². The van der Waals surface area contributed by atoms with E-state index in [9.17, 15) is 9.59 Å². The fourth-order valence-electron chi connectivity index (χ4n) is 3.16. The van der Waals surface area contributed by atoms with Crippen molar-refractivity contribution < 1.29 is 14.3 Å². The number of carbonyl (C=O) groups excluding carboxylic acids is 2. The fraction of sp³-hybridized carbons (Fsp3) is 0.619. The maximum Gasteiger partial charge on any atom is 0.410 e. The lowest BCUT2D eigenvalue weighted by Crippen LogP contribution is -2.54. The van der Waals surface area contributed by atoms with Gasteiger partial charge in [-0.1, -0.05) is 18.2 Å². The van der Waals surface area contributed by atoms with Gasteiger partial charge in [-0.2, -0.15) is 0 Å². The molecule has 2 unspecified atom stereocenters. The van der Waals surface area contributed by atoms with Crippen molar-refractivity contribution in [2.24, 2.45) is 0 Å². The molecule has 0 aromatic heterocycles. The molecule has 1 aliphatic rings. The minimum atomic E-state index is -0.567. The number of amides is 2. The van der Waals surface area contributed by atoms with Crippen LogP contribution in [0.3, 0.4) is 0 Å². The maximum absolute atomic E-state index is 12.8. The number of nitrogens with one attached hydrogen (secondary N) is 1. The Kier molecular flexibility index (Phi) is 7.11. The van der Waals surface area contributed by atoms with Gasteiger partial charge in [0.2, 0.25) is 5.91 Å². The molecule has 150 valence electrons. The molecule has 1 N–H and O–H groups in total. The monoisotopic (exact) mass is 375 g/mol. The molecule has 0 bridgehead atoms. The lowest BCUT2D eigenvalue weighted by Gasteiger charge is -2.36. The zero-order valence-electron chi connectivity index (χ0n) is 17.2. The third-order valence-electron chi connectivity index (χ3n) is 4.83. The molecule has 2 atom stereocenters. The number of piperidine rings is 1. The van der Waals surface area contributed by atoms with E-state index in [1.54, 1.807) is 4.90 Å². The van der Waals surface area contributed by atoms with Crippen molar-refractivity contribution in [1.82, 2.24) is 10.2 Å². The van der Waals surface area contributed by atoms with E-state index in [0.717, 1.165) is 18.5 Å². The standard InChI is InChI=1S/C21H33N3O3/c1-16(23(5)17-11-7-6-8-12-17)15-22-19(25)18-13-9-10-14-24(18)20(26)27-21(2,3)4/h6-8,11-12,16,18H,9-10,13-15H2,1-5H3,(H,22,25). The number of nitrogens with zero attached hydrogens (tertiary/aromatic N) is 2. The number of ether oxygens (including phenoxy) is 1. The SMILES string of the molecule is CC(CNC(=O)C1CCCCN1C(=O)OC(C)(C)C)N(C)c1ccccc1. The molecule has 1 aliphatic heterocycles. The van der Waals surface area contributed by atoms with Crippen LogP contribution in [0.4, 0.5) is 10.5 Å². The van der Waals surface area contributed by atoms with Gasteiger partial charge in [0.15, 0.2) is 0 Å². The molecule has 1 fully saturated rings. The van der Waals surface area contributed by atoms with Gasteiger partial charge in [0, 0.05) is 31.9 Å². The summed E-state index contributed by atoms with van der Waals surface area (Å²) in [6.45, 7) is 8.66. The predicted molar refractivity (Wildman–Crippen MR) is 108 cm³/mol. The van der Waals surface area contributed by atoms with Gasteiger partial charge < -0.3 is 15.0 Å². The number of carbonyl (C=O) groups is 2. The van der Waals surface area contributed by atoms with Gasteiger partial charge in [0.05, 0.1) is 0 Å². The summed E-state index contributed by atoms with van der Waals surface area (Å²) in [6, 6.07) is 9.75. The van der Waals surface area contributed by atoms with Crippen LogP contribution in [0.15, 0.2) is 30.3 Å². The van der Waals surface area contributed by atoms with Crippen LogP contribution in [-0.2, 0) is 9.53 Å². The third kappa shape index (κ3) is 6.15. The van der Waals surface area contributed by atoms with Gasteiger partial charge in [-0.15, -0.1) is 0 Å². The number of hydrogen-bond acceptors (Lipinski definition) is 4. The molecule has 1 aromatic rings. The van der Waals surface area contributed by atoms with Crippen molar-refractivity contribution in [2.45, 2.75) is 64.6 Å². The van der Waals surface area contributed by atoms with Crippen molar-refractivity contribution >= 4 is 17.7 Å². The Morgan fingerprint density at radius 2 is 1.93 bits per heavy atom. The van der Waals surface area contributed by atoms with Crippen LogP contribution in [0.2, 0.25) is 0 Å². The first kappa shape index (κ1) is 21.1. The maximum atomic E-state index is 12.8. The van der Waals surface area contributed by atoms with Crippen LogP contribution >= 0.6 is 0 Å². The molecule has 27 heavy (non-hydrogen) atoms. The second-order valence-electron chi connectivity index (χ2n) is 8.23. The first-order valence-electron chi connectivity index (χ1n) is 9.74. The minimum absolute atomic E-state index is 0.103. The van der Waals surface area contributed by atoms with Gasteiger partial charge >= 0.3 is 6.09 Å². The summed E-state index contributed by atoms with van der Waals surface area (Å²) in [6.07, 6.45) is 2.11. The van der Waals surface area contributed by atoms with Crippen LogP contribution in [-0.4, -0.2) is 54.7 Å². The van der Waals surface area contributed by atoms with Crippen LogP contribution in [0.25, 0.3) is 0 Å². The summed E-state index contributed by atoms with van der Waals surface area (Å²) < 4.78 is 5.48. The van der Waals surface area contributed by atoms with E-state index < -0.39 is 17.7 Å². The van der Waals surface area contributed by atoms with E-state index in [4.69, 9.17) is 4.74 Å². The van der Waals surface area contributed by atoms with Crippen molar-refractivity contribution in [1.29, 1.82) is 0 Å². The highest BCUT2D eigenvalue weighted by atomic mass is 16.6. The molecule has 1 saturated heterocycles. The minimum Gasteiger partial charge on any atom is -0.444 e. The summed E-state index contributed by atoms with van der Waals surface area (Å²) >= 11 is 0. The third-order valence-corrected chi connectivity index (χ3v) is 4.83. The number of benzene rings is 1. The Hall–Kier alpha value is -2.24. The Balaban J connectivity index is 1.93. The smallest absolute Gasteiger partial charge is 0.410 e. The molecule has 2 amide bonds. The number of likely N-dealkylation sites (N-methyl/N-ethyl adjacent to an activating group) is 1. The van der Waals surface area contributed by atoms with Crippen molar-refractivity contribution in [3.8, 4) is 0 Å². The largest absolute Gasteiger partial charge is 0.444 e. The van der Waals surface area contributed by atoms with E-state index in [1.807, 2.05) is 58.2 Å². The van der Waals surface area contributed by atoms with E-state index in [2.05, 4.69) is 17.1 Å². The molecule has 1 aromatic carbocycles. The zero-order valence-corrected chi connectivity index (χ0v) is 17.2. The molecule has 0 saturated carbocycles. The molecule has 0 radical (unpaired) electrons. The van der Waals surface area contributed by atoms with E-state index in [0.29, 0.717) is 19.5 Å². The summed E-state index contributed by atoms with van der Waals surface area (Å²) in [4.78, 5) is 28.9. The molecule has 6 nitrogen and oxygen atoms in total. The van der Waals surface area contributed by atoms with Crippen LogP contribution < -0.4 is 10.2 Å². The van der Waals surface area contributed by atoms with Gasteiger partial charge in [-0.25, -0.2) is 4.79 Å². The summed E-state index contributed by atoms with van der Waals surface area (Å²) in [5.41, 5.74) is 0.537. The molecular weight excluding hydrogens is 342 g/mol. The number of anilines is 1. The second kappa shape index (κ2) is 9.11. The van der Waals surface area contributed by atoms with Crippen LogP contribution in [0, 0.1) is 0 Å². The number of rotatable bonds is 5.